The first-order valence-corrected chi connectivity index (χ1v) is 14.8. The molecule has 1 unspecified atom stereocenters. The molecule has 0 radical (unpaired) electrons. The summed E-state index contributed by atoms with van der Waals surface area (Å²) in [4.78, 5) is 25.3. The van der Waals surface area contributed by atoms with Crippen LogP contribution in [0.3, 0.4) is 0 Å². The maximum Gasteiger partial charge on any atom is 0.346 e. The smallest absolute Gasteiger partial charge is 0.289 e. The Balaban J connectivity index is 2.09. The fourth-order valence-electron chi connectivity index (χ4n) is 3.61. The molecular formula is C16H16N2O12S4. The van der Waals surface area contributed by atoms with Gasteiger partial charge in [-0.05, 0) is 24.6 Å². The second-order valence-corrected chi connectivity index (χ2v) is 13.8. The van der Waals surface area contributed by atoms with Gasteiger partial charge in [-0.1, -0.05) is 27.3 Å². The highest BCUT2D eigenvalue weighted by Crippen LogP contribution is 2.41. The van der Waals surface area contributed by atoms with Crippen LogP contribution in [0.2, 0.25) is 0 Å². The van der Waals surface area contributed by atoms with Crippen molar-refractivity contribution in [1.29, 1.82) is 0 Å². The summed E-state index contributed by atoms with van der Waals surface area (Å²) in [7, 11) is -20.0. The van der Waals surface area contributed by atoms with E-state index in [0.717, 1.165) is 38.6 Å². The van der Waals surface area contributed by atoms with E-state index in [-0.39, 0.29) is 23.1 Å². The van der Waals surface area contributed by atoms with E-state index in [0.29, 0.717) is 0 Å². The van der Waals surface area contributed by atoms with Gasteiger partial charge in [0.1, 0.15) is 4.75 Å². The third-order valence-corrected chi connectivity index (χ3v) is 11.2. The molecule has 2 aliphatic rings. The summed E-state index contributed by atoms with van der Waals surface area (Å²) in [5.41, 5.74) is -1.29. The van der Waals surface area contributed by atoms with Crippen LogP contribution in [-0.2, 0) is 40.7 Å². The number of carbonyl (C=O) groups excluding carboxylic acids is 2. The van der Waals surface area contributed by atoms with Gasteiger partial charge in [0.2, 0.25) is 10.0 Å². The summed E-state index contributed by atoms with van der Waals surface area (Å²) in [6.07, 6.45) is 1.08. The quantitative estimate of drug-likeness (QED) is 0.304. The van der Waals surface area contributed by atoms with E-state index in [9.17, 15) is 43.3 Å². The summed E-state index contributed by atoms with van der Waals surface area (Å²) < 4.78 is 111. The van der Waals surface area contributed by atoms with Crippen molar-refractivity contribution in [3.8, 4) is 0 Å². The lowest BCUT2D eigenvalue weighted by Gasteiger charge is -2.34. The van der Waals surface area contributed by atoms with Crippen LogP contribution in [-0.4, -0.2) is 59.1 Å². The van der Waals surface area contributed by atoms with E-state index >= 15 is 0 Å². The lowest BCUT2D eigenvalue weighted by atomic mass is 9.76. The Morgan fingerprint density at radius 2 is 1.47 bits per heavy atom. The van der Waals surface area contributed by atoms with Gasteiger partial charge in [0, 0.05) is 28.7 Å². The van der Waals surface area contributed by atoms with E-state index < -0.39 is 73.8 Å². The average Bonchev–Trinajstić information content (AvgIpc) is 2.67. The van der Waals surface area contributed by atoms with Gasteiger partial charge in [0.05, 0.1) is 4.90 Å². The van der Waals surface area contributed by atoms with E-state index in [1.54, 1.807) is 0 Å². The molecule has 0 fully saturated rings. The van der Waals surface area contributed by atoms with Crippen LogP contribution < -0.4 is 8.25 Å². The number of carbonyl (C=O) groups is 2. The first kappa shape index (κ1) is 26.3. The number of allylic oxidation sites excluding steroid dienone is 3. The predicted octanol–water partition coefficient (Wildman–Crippen LogP) is -0.726. The van der Waals surface area contributed by atoms with Gasteiger partial charge in [-0.3, -0.25) is 18.7 Å². The van der Waals surface area contributed by atoms with Crippen molar-refractivity contribution < 1.29 is 52.4 Å². The molecule has 0 saturated carbocycles. The molecule has 1 atom stereocenters. The van der Waals surface area contributed by atoms with Gasteiger partial charge < -0.3 is 0 Å². The Morgan fingerprint density at radius 1 is 0.882 bits per heavy atom. The highest BCUT2D eigenvalue weighted by atomic mass is 32.3. The van der Waals surface area contributed by atoms with Crippen LogP contribution in [0.5, 0.6) is 0 Å². The third kappa shape index (κ3) is 4.75. The van der Waals surface area contributed by atoms with E-state index in [2.05, 4.69) is 0 Å². The summed E-state index contributed by atoms with van der Waals surface area (Å²) >= 11 is 0. The Bertz CT molecular complexity index is 1620. The molecule has 0 aliphatic heterocycles. The molecule has 2 aliphatic carbocycles. The van der Waals surface area contributed by atoms with Gasteiger partial charge in [-0.2, -0.15) is 16.8 Å². The Hall–Kier alpha value is -2.32. The number of Topliss-reactive ketones (excluding diaryl/α,β-unsaturated/α-hetero) is 2. The van der Waals surface area contributed by atoms with Gasteiger partial charge in [0.15, 0.2) is 11.6 Å². The van der Waals surface area contributed by atoms with Gasteiger partial charge >= 0.3 is 20.6 Å². The number of nitrogens with one attached hydrogen (secondary N) is 2. The molecule has 1 aromatic rings. The molecule has 34 heavy (non-hydrogen) atoms. The molecule has 4 N–H and O–H groups in total. The van der Waals surface area contributed by atoms with Crippen molar-refractivity contribution in [2.24, 2.45) is 0 Å². The van der Waals surface area contributed by atoms with Crippen LogP contribution in [0, 0.1) is 0 Å². The second-order valence-electron chi connectivity index (χ2n) is 7.31. The minimum atomic E-state index is -5.18. The minimum Gasteiger partial charge on any atom is -0.289 e. The number of rotatable bonds is 7. The maximum atomic E-state index is 13.1. The highest BCUT2D eigenvalue weighted by molar-refractivity contribution is 8.03. The predicted molar refractivity (Wildman–Crippen MR) is 114 cm³/mol. The van der Waals surface area contributed by atoms with E-state index in [1.165, 1.54) is 6.92 Å². The molecular weight excluding hydrogens is 540 g/mol. The molecule has 0 aromatic heterocycles. The van der Waals surface area contributed by atoms with Crippen molar-refractivity contribution in [1.82, 2.24) is 8.25 Å². The van der Waals surface area contributed by atoms with Gasteiger partial charge in [-0.25, -0.2) is 16.8 Å². The second kappa shape index (κ2) is 8.12. The van der Waals surface area contributed by atoms with Crippen LogP contribution >= 0.6 is 0 Å². The zero-order chi connectivity index (χ0) is 25.9. The monoisotopic (exact) mass is 556 g/mol. The topological polar surface area (TPSA) is 235 Å². The Kier molecular flexibility index (Phi) is 6.28. The van der Waals surface area contributed by atoms with Crippen LogP contribution in [0.4, 0.5) is 0 Å². The summed E-state index contributed by atoms with van der Waals surface area (Å²) in [6.45, 7) is 1.38. The number of benzene rings is 1. The normalized spacial score (nSPS) is 21.4. The largest absolute Gasteiger partial charge is 0.346 e. The third-order valence-electron chi connectivity index (χ3n) is 5.23. The Morgan fingerprint density at radius 3 is 2.00 bits per heavy atom. The lowest BCUT2D eigenvalue weighted by Crippen LogP contribution is -2.48. The zero-order valence-corrected chi connectivity index (χ0v) is 20.2. The van der Waals surface area contributed by atoms with Crippen molar-refractivity contribution in [3.63, 3.8) is 0 Å². The lowest BCUT2D eigenvalue weighted by molar-refractivity contribution is 0.0972. The summed E-state index contributed by atoms with van der Waals surface area (Å²) in [6, 6.07) is 2.43. The summed E-state index contributed by atoms with van der Waals surface area (Å²) in [5, 5.41) is 0. The molecule has 14 nitrogen and oxygen atoms in total. The van der Waals surface area contributed by atoms with Crippen LogP contribution in [0.25, 0.3) is 0 Å². The SMILES string of the molecule is CCC1(S(=O)(=O)NS(=O)(=O)O)C=CC2=C(C1)C(=O)c1ccc(S(=O)(=O)NS(=O)(=O)O)cc1C2=O. The number of ketones is 2. The fraction of sp³-hybridized carbons (Fsp3) is 0.250. The maximum absolute atomic E-state index is 13.1. The van der Waals surface area contributed by atoms with E-state index in [1.807, 2.05) is 0 Å². The molecule has 3 rings (SSSR count). The molecule has 0 bridgehead atoms. The van der Waals surface area contributed by atoms with Gasteiger partial charge in [0.25, 0.3) is 10.0 Å². The molecule has 0 heterocycles. The molecule has 186 valence electrons. The minimum absolute atomic E-state index is 0.252. The van der Waals surface area contributed by atoms with Crippen molar-refractivity contribution >= 4 is 52.2 Å². The van der Waals surface area contributed by atoms with Crippen molar-refractivity contribution in [2.75, 3.05) is 0 Å². The van der Waals surface area contributed by atoms with Crippen LogP contribution in [0.15, 0.2) is 46.4 Å². The summed E-state index contributed by atoms with van der Waals surface area (Å²) in [5.74, 6) is -1.73. The van der Waals surface area contributed by atoms with Crippen molar-refractivity contribution in [2.45, 2.75) is 29.4 Å². The highest BCUT2D eigenvalue weighted by Gasteiger charge is 2.48. The van der Waals surface area contributed by atoms with Crippen molar-refractivity contribution in [3.05, 3.63) is 52.6 Å². The van der Waals surface area contributed by atoms with Crippen LogP contribution in [0.1, 0.15) is 40.5 Å². The Labute approximate surface area is 194 Å². The molecule has 1 aromatic carbocycles. The molecule has 18 heteroatoms. The fourth-order valence-corrected chi connectivity index (χ4v) is 8.36. The number of sulfonamides is 2. The first-order chi connectivity index (χ1) is 15.3. The standard InChI is InChI=1S/C16H16N2O12S4/c1-2-16(32(23,24)18-34(28,29)30)6-5-11-13(8-16)15(20)10-4-3-9(7-12(10)14(11)19)31(21,22)17-33(25,26)27/h3-7,17-18H,2,8H2,1H3,(H,25,26,27)(H,28,29,30). The molecule has 0 spiro atoms. The zero-order valence-electron chi connectivity index (χ0n) is 16.9. The average molecular weight is 557 g/mol. The first-order valence-electron chi connectivity index (χ1n) is 9.00. The van der Waals surface area contributed by atoms with Gasteiger partial charge in [-0.15, -0.1) is 0 Å². The number of fused-ring (bicyclic) bond motifs is 1. The number of hydrogen-bond donors (Lipinski definition) is 4. The van der Waals surface area contributed by atoms with E-state index in [4.69, 9.17) is 9.11 Å². The molecule has 0 saturated heterocycles. The molecule has 0 amide bonds. The number of hydrogen-bond acceptors (Lipinski definition) is 10.